The van der Waals surface area contributed by atoms with Gasteiger partial charge in [0.05, 0.1) is 0 Å². The van der Waals surface area contributed by atoms with Gasteiger partial charge in [0, 0.05) is 16.5 Å². The minimum atomic E-state index is -0.0859. The number of hydrogen-bond acceptors (Lipinski definition) is 0. The molecule has 0 saturated heterocycles. The first-order chi connectivity index (χ1) is 15.1. The van der Waals surface area contributed by atoms with E-state index in [9.17, 15) is 4.39 Å². The van der Waals surface area contributed by atoms with Crippen molar-refractivity contribution in [1.29, 1.82) is 0 Å². The normalized spacial score (nSPS) is 18.5. The lowest BCUT2D eigenvalue weighted by Crippen LogP contribution is -2.12. The average molecular weight is 413 g/mol. The Labute approximate surface area is 186 Å². The minimum Gasteiger partial charge on any atom is -0.206 e. The zero-order chi connectivity index (χ0) is 21.6. The van der Waals surface area contributed by atoms with Gasteiger partial charge in [-0.3, -0.25) is 0 Å². The molecule has 0 heterocycles. The van der Waals surface area contributed by atoms with Crippen molar-refractivity contribution in [2.75, 3.05) is 0 Å². The van der Waals surface area contributed by atoms with Crippen molar-refractivity contribution in [2.45, 2.75) is 65.2 Å². The molecule has 3 aromatic carbocycles. The first-order valence-electron chi connectivity index (χ1n) is 11.9. The topological polar surface area (TPSA) is 0 Å². The largest absolute Gasteiger partial charge is 0.206 e. The fraction of sp³-hybridized carbons (Fsp3) is 0.400. The number of benzene rings is 3. The van der Waals surface area contributed by atoms with E-state index in [0.717, 1.165) is 46.8 Å². The van der Waals surface area contributed by atoms with Crippen LogP contribution in [0.1, 0.15) is 74.6 Å². The van der Waals surface area contributed by atoms with Crippen LogP contribution < -0.4 is 0 Å². The predicted octanol–water partition coefficient (Wildman–Crippen LogP) is 8.09. The van der Waals surface area contributed by atoms with Crippen LogP contribution in [-0.4, -0.2) is 0 Å². The highest BCUT2D eigenvalue weighted by Gasteiger charge is 2.17. The van der Waals surface area contributed by atoms with Crippen molar-refractivity contribution >= 4 is 10.8 Å². The predicted molar refractivity (Wildman–Crippen MR) is 130 cm³/mol. The molecule has 31 heavy (non-hydrogen) atoms. The molecule has 0 N–H and O–H groups in total. The van der Waals surface area contributed by atoms with Gasteiger partial charge in [0.15, 0.2) is 0 Å². The van der Waals surface area contributed by atoms with E-state index in [2.05, 4.69) is 50.0 Å². The highest BCUT2D eigenvalue weighted by Crippen LogP contribution is 2.31. The molecule has 0 bridgehead atoms. The van der Waals surface area contributed by atoms with Crippen LogP contribution >= 0.6 is 0 Å². The van der Waals surface area contributed by atoms with Crippen LogP contribution in [0.25, 0.3) is 10.8 Å². The summed E-state index contributed by atoms with van der Waals surface area (Å²) in [6, 6.07) is 18.4. The van der Waals surface area contributed by atoms with Crippen molar-refractivity contribution in [3.05, 3.63) is 82.7 Å². The van der Waals surface area contributed by atoms with Crippen LogP contribution in [-0.2, 0) is 12.8 Å². The van der Waals surface area contributed by atoms with E-state index in [1.165, 1.54) is 44.1 Å². The molecular formula is C30H33F. The Hall–Kier alpha value is -2.59. The van der Waals surface area contributed by atoms with E-state index in [0.29, 0.717) is 5.39 Å². The molecule has 0 atom stereocenters. The van der Waals surface area contributed by atoms with Crippen molar-refractivity contribution < 1.29 is 4.39 Å². The molecule has 0 nitrogen and oxygen atoms in total. The Balaban J connectivity index is 1.40. The molecule has 0 aliphatic heterocycles. The van der Waals surface area contributed by atoms with Crippen LogP contribution in [0, 0.1) is 29.5 Å². The molecular weight excluding hydrogens is 379 g/mol. The molecule has 1 aliphatic carbocycles. The number of rotatable bonds is 5. The second kappa shape index (κ2) is 10.1. The molecule has 160 valence electrons. The fourth-order valence-corrected chi connectivity index (χ4v) is 4.76. The van der Waals surface area contributed by atoms with Gasteiger partial charge in [-0.25, -0.2) is 4.39 Å². The third-order valence-corrected chi connectivity index (χ3v) is 6.84. The smallest absolute Gasteiger partial charge is 0.134 e. The summed E-state index contributed by atoms with van der Waals surface area (Å²) < 4.78 is 14.6. The van der Waals surface area contributed by atoms with Crippen LogP contribution in [0.3, 0.4) is 0 Å². The maximum atomic E-state index is 14.6. The summed E-state index contributed by atoms with van der Waals surface area (Å²) in [7, 11) is 0. The molecule has 1 aliphatic rings. The Morgan fingerprint density at radius 1 is 0.839 bits per heavy atom. The number of hydrogen-bond donors (Lipinski definition) is 0. The van der Waals surface area contributed by atoms with Gasteiger partial charge in [0.2, 0.25) is 0 Å². The lowest BCUT2D eigenvalue weighted by molar-refractivity contribution is 0.278. The second-order valence-electron chi connectivity index (χ2n) is 9.34. The molecule has 0 spiro atoms. The van der Waals surface area contributed by atoms with Crippen LogP contribution in [0.2, 0.25) is 0 Å². The SMILES string of the molecule is CCCc1ccc2cc(C#Cc3ccc(CCC4CCC(C)CC4)cc3)ccc2c1F. The van der Waals surface area contributed by atoms with Crippen LogP contribution in [0.5, 0.6) is 0 Å². The lowest BCUT2D eigenvalue weighted by atomic mass is 9.80. The van der Waals surface area contributed by atoms with E-state index >= 15 is 0 Å². The quantitative estimate of drug-likeness (QED) is 0.371. The van der Waals surface area contributed by atoms with E-state index in [-0.39, 0.29) is 5.82 Å². The summed E-state index contributed by atoms with van der Waals surface area (Å²) in [6.45, 7) is 4.46. The Morgan fingerprint density at radius 2 is 1.55 bits per heavy atom. The maximum Gasteiger partial charge on any atom is 0.134 e. The average Bonchev–Trinajstić information content (AvgIpc) is 2.80. The highest BCUT2D eigenvalue weighted by molar-refractivity contribution is 5.85. The Kier molecular flexibility index (Phi) is 7.08. The zero-order valence-corrected chi connectivity index (χ0v) is 18.9. The number of halogens is 1. The lowest BCUT2D eigenvalue weighted by Gasteiger charge is -2.26. The summed E-state index contributed by atoms with van der Waals surface area (Å²) in [5.74, 6) is 8.26. The van der Waals surface area contributed by atoms with Gasteiger partial charge in [-0.1, -0.05) is 88.1 Å². The third-order valence-electron chi connectivity index (χ3n) is 6.84. The second-order valence-corrected chi connectivity index (χ2v) is 9.34. The molecule has 0 amide bonds. The Bertz CT molecular complexity index is 1070. The maximum absolute atomic E-state index is 14.6. The van der Waals surface area contributed by atoms with Crippen LogP contribution in [0.15, 0.2) is 54.6 Å². The summed E-state index contributed by atoms with van der Waals surface area (Å²) in [4.78, 5) is 0. The fourth-order valence-electron chi connectivity index (χ4n) is 4.76. The molecule has 3 aromatic rings. The van der Waals surface area contributed by atoms with E-state index in [1.54, 1.807) is 0 Å². The number of aryl methyl sites for hydroxylation is 2. The molecule has 0 radical (unpaired) electrons. The molecule has 1 fully saturated rings. The van der Waals surface area contributed by atoms with Gasteiger partial charge in [-0.15, -0.1) is 0 Å². The summed E-state index contributed by atoms with van der Waals surface area (Å²) in [5.41, 5.74) is 4.16. The molecule has 1 saturated carbocycles. The van der Waals surface area contributed by atoms with E-state index < -0.39 is 0 Å². The van der Waals surface area contributed by atoms with Crippen molar-refractivity contribution in [2.24, 2.45) is 11.8 Å². The monoisotopic (exact) mass is 412 g/mol. The minimum absolute atomic E-state index is 0.0859. The van der Waals surface area contributed by atoms with Gasteiger partial charge < -0.3 is 0 Å². The number of fused-ring (bicyclic) bond motifs is 1. The van der Waals surface area contributed by atoms with Crippen molar-refractivity contribution in [3.8, 4) is 11.8 Å². The first kappa shape index (κ1) is 21.6. The van der Waals surface area contributed by atoms with Gasteiger partial charge in [-0.05, 0) is 71.9 Å². The van der Waals surface area contributed by atoms with Crippen molar-refractivity contribution in [1.82, 2.24) is 0 Å². The first-order valence-corrected chi connectivity index (χ1v) is 11.9. The summed E-state index contributed by atoms with van der Waals surface area (Å²) in [5, 5.41) is 1.60. The van der Waals surface area contributed by atoms with Gasteiger partial charge in [0.1, 0.15) is 5.82 Å². The summed E-state index contributed by atoms with van der Waals surface area (Å²) >= 11 is 0. The molecule has 4 rings (SSSR count). The summed E-state index contributed by atoms with van der Waals surface area (Å²) in [6.07, 6.45) is 9.82. The molecule has 0 aromatic heterocycles. The highest BCUT2D eigenvalue weighted by atomic mass is 19.1. The molecule has 0 unspecified atom stereocenters. The van der Waals surface area contributed by atoms with E-state index in [4.69, 9.17) is 0 Å². The van der Waals surface area contributed by atoms with Crippen LogP contribution in [0.4, 0.5) is 4.39 Å². The molecule has 1 heteroatoms. The standard InChI is InChI=1S/C30H33F/c1-3-4-27-18-19-28-21-26(17-20-29(28)30(27)31)16-15-25-13-11-24(12-14-25)10-9-23-7-5-22(2)6-8-23/h11-14,17-23H,3-10H2,1-2H3. The van der Waals surface area contributed by atoms with E-state index in [1.807, 2.05) is 30.3 Å². The third kappa shape index (κ3) is 5.56. The Morgan fingerprint density at radius 3 is 2.29 bits per heavy atom. The zero-order valence-electron chi connectivity index (χ0n) is 18.9. The van der Waals surface area contributed by atoms with Gasteiger partial charge >= 0.3 is 0 Å². The van der Waals surface area contributed by atoms with Gasteiger partial charge in [-0.2, -0.15) is 0 Å². The van der Waals surface area contributed by atoms with Crippen molar-refractivity contribution in [3.63, 3.8) is 0 Å². The van der Waals surface area contributed by atoms with Gasteiger partial charge in [0.25, 0.3) is 0 Å².